The summed E-state index contributed by atoms with van der Waals surface area (Å²) < 4.78 is 12.9. The molecule has 1 aromatic carbocycles. The molecule has 0 bridgehead atoms. The number of hydrogen-bond acceptors (Lipinski definition) is 3. The number of hydrogen-bond donors (Lipinski definition) is 3. The van der Waals surface area contributed by atoms with Gasteiger partial charge in [0.15, 0.2) is 0 Å². The number of aliphatic hydroxyl groups excluding tert-OH is 1. The Labute approximate surface area is 124 Å². The van der Waals surface area contributed by atoms with Crippen molar-refractivity contribution in [1.82, 2.24) is 5.32 Å². The molecule has 0 saturated heterocycles. The maximum atomic E-state index is 12.9. The summed E-state index contributed by atoms with van der Waals surface area (Å²) in [6.45, 7) is 1.69. The number of carbonyl (C=O) groups is 1. The standard InChI is InChI=1S/C16H22FNO3/c1-11(15(20)12-4-6-13(17)7-5-12)18-14(19)10-16(21)8-2-3-9-16/h4-7,11,15,20-21H,2-3,8-10H2,1H3,(H,18,19). The van der Waals surface area contributed by atoms with Crippen molar-refractivity contribution < 1.29 is 19.4 Å². The van der Waals surface area contributed by atoms with Crippen LogP contribution in [0.15, 0.2) is 24.3 Å². The molecule has 116 valence electrons. The van der Waals surface area contributed by atoms with E-state index in [0.717, 1.165) is 12.8 Å². The average Bonchev–Trinajstić information content (AvgIpc) is 2.84. The summed E-state index contributed by atoms with van der Waals surface area (Å²) in [6, 6.07) is 5.02. The highest BCUT2D eigenvalue weighted by Gasteiger charge is 2.34. The summed E-state index contributed by atoms with van der Waals surface area (Å²) in [4.78, 5) is 12.0. The van der Waals surface area contributed by atoms with E-state index in [2.05, 4.69) is 5.32 Å². The number of nitrogens with one attached hydrogen (secondary N) is 1. The molecule has 1 aliphatic carbocycles. The second-order valence-electron chi connectivity index (χ2n) is 5.96. The van der Waals surface area contributed by atoms with Crippen LogP contribution in [0, 0.1) is 5.82 Å². The minimum absolute atomic E-state index is 0.0630. The number of aliphatic hydroxyl groups is 2. The second-order valence-corrected chi connectivity index (χ2v) is 5.96. The van der Waals surface area contributed by atoms with Gasteiger partial charge in [-0.25, -0.2) is 4.39 Å². The monoisotopic (exact) mass is 295 g/mol. The molecule has 2 unspecified atom stereocenters. The third-order valence-electron chi connectivity index (χ3n) is 4.10. The first-order valence-corrected chi connectivity index (χ1v) is 7.35. The Balaban J connectivity index is 1.89. The molecule has 1 fully saturated rings. The molecule has 1 saturated carbocycles. The summed E-state index contributed by atoms with van der Waals surface area (Å²) in [5, 5.41) is 23.1. The first-order valence-electron chi connectivity index (χ1n) is 7.35. The van der Waals surface area contributed by atoms with Gasteiger partial charge in [-0.2, -0.15) is 0 Å². The first kappa shape index (κ1) is 15.9. The van der Waals surface area contributed by atoms with Gasteiger partial charge in [-0.05, 0) is 37.5 Å². The molecule has 2 atom stereocenters. The van der Waals surface area contributed by atoms with Gasteiger partial charge < -0.3 is 15.5 Å². The lowest BCUT2D eigenvalue weighted by atomic mass is 9.97. The van der Waals surface area contributed by atoms with Crippen molar-refractivity contribution in [2.24, 2.45) is 0 Å². The van der Waals surface area contributed by atoms with Gasteiger partial charge in [-0.1, -0.05) is 25.0 Å². The van der Waals surface area contributed by atoms with Crippen molar-refractivity contribution in [3.63, 3.8) is 0 Å². The van der Waals surface area contributed by atoms with Crippen molar-refractivity contribution in [1.29, 1.82) is 0 Å². The van der Waals surface area contributed by atoms with Crippen molar-refractivity contribution >= 4 is 5.91 Å². The summed E-state index contributed by atoms with van der Waals surface area (Å²) in [7, 11) is 0. The maximum absolute atomic E-state index is 12.9. The van der Waals surface area contributed by atoms with E-state index in [0.29, 0.717) is 18.4 Å². The number of halogens is 1. The molecule has 1 aliphatic rings. The Morgan fingerprint density at radius 1 is 1.33 bits per heavy atom. The van der Waals surface area contributed by atoms with Crippen molar-refractivity contribution in [2.45, 2.75) is 56.8 Å². The topological polar surface area (TPSA) is 69.6 Å². The largest absolute Gasteiger partial charge is 0.389 e. The minimum Gasteiger partial charge on any atom is -0.389 e. The molecule has 5 heteroatoms. The zero-order chi connectivity index (χ0) is 15.5. The van der Waals surface area contributed by atoms with Crippen LogP contribution in [0.4, 0.5) is 4.39 Å². The van der Waals surface area contributed by atoms with Crippen molar-refractivity contribution in [3.8, 4) is 0 Å². The highest BCUT2D eigenvalue weighted by atomic mass is 19.1. The summed E-state index contributed by atoms with van der Waals surface area (Å²) in [6.07, 6.45) is 2.33. The van der Waals surface area contributed by atoms with E-state index < -0.39 is 17.7 Å². The van der Waals surface area contributed by atoms with Gasteiger partial charge in [-0.3, -0.25) is 4.79 Å². The molecule has 3 N–H and O–H groups in total. The van der Waals surface area contributed by atoms with Gasteiger partial charge in [0.05, 0.1) is 24.2 Å². The molecule has 4 nitrogen and oxygen atoms in total. The Kier molecular flexibility index (Phi) is 4.96. The Hall–Kier alpha value is -1.46. The highest BCUT2D eigenvalue weighted by molar-refractivity contribution is 5.77. The summed E-state index contributed by atoms with van der Waals surface area (Å²) in [5.74, 6) is -0.640. The summed E-state index contributed by atoms with van der Waals surface area (Å²) in [5.41, 5.74) is -0.353. The van der Waals surface area contributed by atoms with Gasteiger partial charge in [0.1, 0.15) is 5.82 Å². The highest BCUT2D eigenvalue weighted by Crippen LogP contribution is 2.32. The van der Waals surface area contributed by atoms with Crippen LogP contribution in [-0.4, -0.2) is 27.8 Å². The van der Waals surface area contributed by atoms with E-state index in [9.17, 15) is 19.4 Å². The third-order valence-corrected chi connectivity index (χ3v) is 4.10. The molecule has 2 rings (SSSR count). The SMILES string of the molecule is CC(NC(=O)CC1(O)CCCC1)C(O)c1ccc(F)cc1. The lowest BCUT2D eigenvalue weighted by Gasteiger charge is -2.25. The van der Waals surface area contributed by atoms with Crippen LogP contribution in [0.2, 0.25) is 0 Å². The fourth-order valence-corrected chi connectivity index (χ4v) is 2.84. The zero-order valence-electron chi connectivity index (χ0n) is 12.2. The van der Waals surface area contributed by atoms with Gasteiger partial charge in [-0.15, -0.1) is 0 Å². The number of amides is 1. The number of rotatable bonds is 5. The van der Waals surface area contributed by atoms with E-state index in [4.69, 9.17) is 0 Å². The van der Waals surface area contributed by atoms with Crippen LogP contribution in [0.25, 0.3) is 0 Å². The van der Waals surface area contributed by atoms with E-state index in [1.54, 1.807) is 6.92 Å². The predicted molar refractivity (Wildman–Crippen MR) is 77.0 cm³/mol. The van der Waals surface area contributed by atoms with E-state index in [-0.39, 0.29) is 18.1 Å². The van der Waals surface area contributed by atoms with Crippen LogP contribution >= 0.6 is 0 Å². The average molecular weight is 295 g/mol. The normalized spacial score (nSPS) is 20.0. The molecule has 1 aromatic rings. The fraction of sp³-hybridized carbons (Fsp3) is 0.562. The molecule has 0 aliphatic heterocycles. The van der Waals surface area contributed by atoms with Crippen LogP contribution in [-0.2, 0) is 4.79 Å². The molecule has 0 heterocycles. The van der Waals surface area contributed by atoms with E-state index in [1.165, 1.54) is 24.3 Å². The lowest BCUT2D eigenvalue weighted by molar-refractivity contribution is -0.127. The molecule has 0 spiro atoms. The number of benzene rings is 1. The van der Waals surface area contributed by atoms with Crippen molar-refractivity contribution in [2.75, 3.05) is 0 Å². The molecule has 0 aromatic heterocycles. The van der Waals surface area contributed by atoms with Crippen LogP contribution < -0.4 is 5.32 Å². The molecular formula is C16H22FNO3. The van der Waals surface area contributed by atoms with Crippen LogP contribution in [0.5, 0.6) is 0 Å². The minimum atomic E-state index is -0.909. The fourth-order valence-electron chi connectivity index (χ4n) is 2.84. The van der Waals surface area contributed by atoms with Gasteiger partial charge >= 0.3 is 0 Å². The second kappa shape index (κ2) is 6.54. The molecule has 0 radical (unpaired) electrons. The smallest absolute Gasteiger partial charge is 0.223 e. The van der Waals surface area contributed by atoms with Crippen LogP contribution in [0.3, 0.4) is 0 Å². The molecular weight excluding hydrogens is 273 g/mol. The van der Waals surface area contributed by atoms with Crippen molar-refractivity contribution in [3.05, 3.63) is 35.6 Å². The number of carbonyl (C=O) groups excluding carboxylic acids is 1. The van der Waals surface area contributed by atoms with Gasteiger partial charge in [0, 0.05) is 0 Å². The van der Waals surface area contributed by atoms with E-state index in [1.807, 2.05) is 0 Å². The predicted octanol–water partition coefficient (Wildman–Crippen LogP) is 2.06. The summed E-state index contributed by atoms with van der Waals surface area (Å²) >= 11 is 0. The lowest BCUT2D eigenvalue weighted by Crippen LogP contribution is -2.41. The van der Waals surface area contributed by atoms with Gasteiger partial charge in [0.25, 0.3) is 0 Å². The Morgan fingerprint density at radius 3 is 2.48 bits per heavy atom. The molecule has 21 heavy (non-hydrogen) atoms. The van der Waals surface area contributed by atoms with Crippen LogP contribution in [0.1, 0.15) is 50.7 Å². The third kappa shape index (κ3) is 4.25. The first-order chi connectivity index (χ1) is 9.89. The Bertz CT molecular complexity index is 483. The maximum Gasteiger partial charge on any atom is 0.223 e. The quantitative estimate of drug-likeness (QED) is 0.779. The van der Waals surface area contributed by atoms with E-state index >= 15 is 0 Å². The zero-order valence-corrected chi connectivity index (χ0v) is 12.2. The Morgan fingerprint density at radius 2 is 1.90 bits per heavy atom. The van der Waals surface area contributed by atoms with Gasteiger partial charge in [0.2, 0.25) is 5.91 Å². The molecule has 1 amide bonds.